The molecule has 0 unspecified atom stereocenters. The van der Waals surface area contributed by atoms with Gasteiger partial charge >= 0.3 is 0 Å². The van der Waals surface area contributed by atoms with Gasteiger partial charge in [-0.05, 0) is 12.2 Å². The summed E-state index contributed by atoms with van der Waals surface area (Å²) in [6.45, 7) is 0.696. The van der Waals surface area contributed by atoms with E-state index in [0.717, 1.165) is 0 Å². The van der Waals surface area contributed by atoms with E-state index in [1.54, 1.807) is 6.92 Å². The predicted octanol–water partition coefficient (Wildman–Crippen LogP) is 3.24. The SMILES string of the molecule is CCCSc1c(F)c(F)c(CO)c(F)c1F. The molecule has 0 saturated carbocycles. The molecule has 90 valence electrons. The van der Waals surface area contributed by atoms with E-state index in [0.29, 0.717) is 23.9 Å². The lowest BCUT2D eigenvalue weighted by atomic mass is 10.2. The first kappa shape index (κ1) is 13.3. The number of rotatable bonds is 4. The van der Waals surface area contributed by atoms with Crippen LogP contribution in [0.1, 0.15) is 18.9 Å². The molecule has 0 aliphatic rings. The second-order valence-electron chi connectivity index (χ2n) is 3.07. The van der Waals surface area contributed by atoms with Gasteiger partial charge in [-0.1, -0.05) is 6.92 Å². The second-order valence-corrected chi connectivity index (χ2v) is 4.18. The maximum atomic E-state index is 13.3. The Hall–Kier alpha value is -0.750. The van der Waals surface area contributed by atoms with Crippen molar-refractivity contribution in [2.45, 2.75) is 24.8 Å². The molecule has 16 heavy (non-hydrogen) atoms. The molecule has 0 saturated heterocycles. The van der Waals surface area contributed by atoms with Crippen LogP contribution in [0.15, 0.2) is 4.90 Å². The number of aliphatic hydroxyl groups is 1. The van der Waals surface area contributed by atoms with Gasteiger partial charge < -0.3 is 5.11 Å². The standard InChI is InChI=1S/C10H10F4OS/c1-2-3-16-10-8(13)6(11)5(4-15)7(12)9(10)14/h15H,2-4H2,1H3. The molecule has 0 radical (unpaired) electrons. The van der Waals surface area contributed by atoms with Crippen molar-refractivity contribution < 1.29 is 22.7 Å². The fourth-order valence-electron chi connectivity index (χ4n) is 1.13. The average molecular weight is 254 g/mol. The molecular formula is C10H10F4OS. The van der Waals surface area contributed by atoms with Crippen molar-refractivity contribution in [3.63, 3.8) is 0 Å². The zero-order chi connectivity index (χ0) is 12.3. The summed E-state index contributed by atoms with van der Waals surface area (Å²) in [5.74, 6) is -5.59. The largest absolute Gasteiger partial charge is 0.391 e. The molecule has 1 aromatic rings. The Morgan fingerprint density at radius 1 is 1.00 bits per heavy atom. The average Bonchev–Trinajstić information content (AvgIpc) is 2.27. The lowest BCUT2D eigenvalue weighted by Crippen LogP contribution is -2.05. The first-order valence-corrected chi connectivity index (χ1v) is 5.61. The molecule has 6 heteroatoms. The molecule has 0 amide bonds. The lowest BCUT2D eigenvalue weighted by Gasteiger charge is -2.09. The Morgan fingerprint density at radius 2 is 1.50 bits per heavy atom. The van der Waals surface area contributed by atoms with Crippen LogP contribution in [0.4, 0.5) is 17.6 Å². The Kier molecular flexibility index (Phi) is 4.61. The van der Waals surface area contributed by atoms with Crippen LogP contribution in [0, 0.1) is 23.3 Å². The highest BCUT2D eigenvalue weighted by molar-refractivity contribution is 7.99. The Morgan fingerprint density at radius 3 is 1.88 bits per heavy atom. The van der Waals surface area contributed by atoms with Crippen molar-refractivity contribution in [2.24, 2.45) is 0 Å². The Labute approximate surface area is 94.5 Å². The van der Waals surface area contributed by atoms with E-state index in [-0.39, 0.29) is 0 Å². The van der Waals surface area contributed by atoms with E-state index in [9.17, 15) is 17.6 Å². The zero-order valence-electron chi connectivity index (χ0n) is 8.49. The van der Waals surface area contributed by atoms with Crippen molar-refractivity contribution in [1.82, 2.24) is 0 Å². The van der Waals surface area contributed by atoms with Gasteiger partial charge in [0, 0.05) is 0 Å². The van der Waals surface area contributed by atoms with Crippen molar-refractivity contribution in [1.29, 1.82) is 0 Å². The molecule has 1 nitrogen and oxygen atoms in total. The summed E-state index contributed by atoms with van der Waals surface area (Å²) >= 11 is 0.710. The fourth-order valence-corrected chi connectivity index (χ4v) is 1.97. The molecule has 0 heterocycles. The van der Waals surface area contributed by atoms with Gasteiger partial charge in [0.1, 0.15) is 0 Å². The van der Waals surface area contributed by atoms with Gasteiger partial charge in [0.15, 0.2) is 23.3 Å². The molecule has 0 fully saturated rings. The third-order valence-electron chi connectivity index (χ3n) is 1.92. The highest BCUT2D eigenvalue weighted by atomic mass is 32.2. The minimum absolute atomic E-state index is 0.352. The maximum Gasteiger partial charge on any atom is 0.175 e. The van der Waals surface area contributed by atoms with Gasteiger partial charge in [-0.2, -0.15) is 0 Å². The highest BCUT2D eigenvalue weighted by Crippen LogP contribution is 2.31. The molecule has 1 N–H and O–H groups in total. The van der Waals surface area contributed by atoms with Crippen LogP contribution >= 0.6 is 11.8 Å². The minimum Gasteiger partial charge on any atom is -0.391 e. The van der Waals surface area contributed by atoms with Gasteiger partial charge in [0.25, 0.3) is 0 Å². The Bertz CT molecular complexity index is 366. The van der Waals surface area contributed by atoms with Crippen molar-refractivity contribution in [3.05, 3.63) is 28.8 Å². The smallest absolute Gasteiger partial charge is 0.175 e. The van der Waals surface area contributed by atoms with Crippen LogP contribution in [0.2, 0.25) is 0 Å². The molecule has 1 rings (SSSR count). The number of hydrogen-bond acceptors (Lipinski definition) is 2. The van der Waals surface area contributed by atoms with Crippen LogP contribution in [-0.2, 0) is 6.61 Å². The van der Waals surface area contributed by atoms with Gasteiger partial charge in [-0.15, -0.1) is 11.8 Å². The summed E-state index contributed by atoms with van der Waals surface area (Å²) in [5, 5.41) is 8.59. The number of halogens is 4. The highest BCUT2D eigenvalue weighted by Gasteiger charge is 2.24. The maximum absolute atomic E-state index is 13.3. The molecule has 0 aromatic heterocycles. The summed E-state index contributed by atoms with van der Waals surface area (Å²) in [6.07, 6.45) is 0.620. The van der Waals surface area contributed by atoms with E-state index in [1.807, 2.05) is 0 Å². The van der Waals surface area contributed by atoms with Crippen LogP contribution in [0.3, 0.4) is 0 Å². The van der Waals surface area contributed by atoms with Crippen molar-refractivity contribution >= 4 is 11.8 Å². The van der Waals surface area contributed by atoms with E-state index in [1.165, 1.54) is 0 Å². The third kappa shape index (κ3) is 2.32. The molecule has 0 aliphatic heterocycles. The van der Waals surface area contributed by atoms with Crippen molar-refractivity contribution in [2.75, 3.05) is 5.75 Å². The summed E-state index contributed by atoms with van der Waals surface area (Å²) < 4.78 is 53.0. The molecule has 0 aliphatic carbocycles. The van der Waals surface area contributed by atoms with Crippen molar-refractivity contribution in [3.8, 4) is 0 Å². The van der Waals surface area contributed by atoms with E-state index < -0.39 is 40.3 Å². The molecule has 1 aromatic carbocycles. The molecular weight excluding hydrogens is 244 g/mol. The van der Waals surface area contributed by atoms with Crippen LogP contribution in [0.25, 0.3) is 0 Å². The number of hydrogen-bond donors (Lipinski definition) is 1. The number of benzene rings is 1. The number of aliphatic hydroxyl groups excluding tert-OH is 1. The van der Waals surface area contributed by atoms with E-state index in [4.69, 9.17) is 5.11 Å². The monoisotopic (exact) mass is 254 g/mol. The first-order chi connectivity index (χ1) is 7.54. The van der Waals surface area contributed by atoms with Gasteiger partial charge in [0.05, 0.1) is 17.1 Å². The second kappa shape index (κ2) is 5.54. The quantitative estimate of drug-likeness (QED) is 0.505. The summed E-state index contributed by atoms with van der Waals surface area (Å²) in [4.78, 5) is -0.672. The minimum atomic E-state index is -1.53. The van der Waals surface area contributed by atoms with Gasteiger partial charge in [-0.25, -0.2) is 17.6 Å². The van der Waals surface area contributed by atoms with Crippen LogP contribution in [0.5, 0.6) is 0 Å². The molecule has 0 atom stereocenters. The molecule has 0 bridgehead atoms. The van der Waals surface area contributed by atoms with Gasteiger partial charge in [-0.3, -0.25) is 0 Å². The fraction of sp³-hybridized carbons (Fsp3) is 0.400. The van der Waals surface area contributed by atoms with E-state index in [2.05, 4.69) is 0 Å². The normalized spacial score (nSPS) is 10.9. The zero-order valence-corrected chi connectivity index (χ0v) is 9.31. The molecule has 0 spiro atoms. The lowest BCUT2D eigenvalue weighted by molar-refractivity contribution is 0.261. The Balaban J connectivity index is 3.29. The number of thioether (sulfide) groups is 1. The topological polar surface area (TPSA) is 20.2 Å². The first-order valence-electron chi connectivity index (χ1n) is 4.63. The van der Waals surface area contributed by atoms with E-state index >= 15 is 0 Å². The van der Waals surface area contributed by atoms with Crippen LogP contribution in [-0.4, -0.2) is 10.9 Å². The van der Waals surface area contributed by atoms with Gasteiger partial charge in [0.2, 0.25) is 0 Å². The van der Waals surface area contributed by atoms with Crippen LogP contribution < -0.4 is 0 Å². The summed E-state index contributed by atoms with van der Waals surface area (Å²) in [6, 6.07) is 0. The summed E-state index contributed by atoms with van der Waals surface area (Å²) in [7, 11) is 0. The third-order valence-corrected chi connectivity index (χ3v) is 3.18. The predicted molar refractivity (Wildman–Crippen MR) is 53.2 cm³/mol. The summed E-state index contributed by atoms with van der Waals surface area (Å²) in [5.41, 5.74) is -0.976.